The van der Waals surface area contributed by atoms with Gasteiger partial charge in [0.2, 0.25) is 0 Å². The maximum atomic E-state index is 12.4. The third-order valence-electron chi connectivity index (χ3n) is 6.55. The third-order valence-corrected chi connectivity index (χ3v) is 7.66. The summed E-state index contributed by atoms with van der Waals surface area (Å²) in [6.45, 7) is 4.43. The first-order valence-corrected chi connectivity index (χ1v) is 14.9. The Morgan fingerprint density at radius 3 is 2.48 bits per heavy atom. The number of hydrogen-bond donors (Lipinski definition) is 0. The summed E-state index contributed by atoms with van der Waals surface area (Å²) >= 11 is 0. The molecule has 0 spiro atoms. The highest BCUT2D eigenvalue weighted by molar-refractivity contribution is 7.90. The summed E-state index contributed by atoms with van der Waals surface area (Å²) in [5.74, 6) is 0.504. The summed E-state index contributed by atoms with van der Waals surface area (Å²) in [5, 5.41) is 1.16. The second-order valence-corrected chi connectivity index (χ2v) is 11.2. The fourth-order valence-corrected chi connectivity index (χ4v) is 5.25. The lowest BCUT2D eigenvalue weighted by Gasteiger charge is -2.25. The van der Waals surface area contributed by atoms with E-state index in [0.29, 0.717) is 12.4 Å². The van der Waals surface area contributed by atoms with Crippen LogP contribution in [0.15, 0.2) is 103 Å². The Morgan fingerprint density at radius 2 is 1.70 bits per heavy atom. The first kappa shape index (κ1) is 27.0. The molecule has 0 N–H and O–H groups in total. The number of anilines is 2. The van der Waals surface area contributed by atoms with Crippen LogP contribution in [0.5, 0.6) is 0 Å². The number of pyridine rings is 2. The molecule has 40 heavy (non-hydrogen) atoms. The van der Waals surface area contributed by atoms with Gasteiger partial charge in [-0.3, -0.25) is 15.0 Å². The van der Waals surface area contributed by atoms with Crippen molar-refractivity contribution in [3.8, 4) is 11.1 Å². The molecule has 0 amide bonds. The lowest BCUT2D eigenvalue weighted by molar-refractivity contribution is 0.601. The fourth-order valence-electron chi connectivity index (χ4n) is 4.62. The highest BCUT2D eigenvalue weighted by Crippen LogP contribution is 2.36. The van der Waals surface area contributed by atoms with Crippen molar-refractivity contribution in [3.63, 3.8) is 0 Å². The lowest BCUT2D eigenvalue weighted by Crippen LogP contribution is -2.18. The average Bonchev–Trinajstić information content (AvgIpc) is 3.36. The maximum absolute atomic E-state index is 12.4. The summed E-state index contributed by atoms with van der Waals surface area (Å²) in [4.78, 5) is 20.3. The summed E-state index contributed by atoms with van der Waals surface area (Å²) in [6, 6.07) is 19.4. The summed E-state index contributed by atoms with van der Waals surface area (Å²) in [7, 11) is -1.40. The Bertz CT molecular complexity index is 1900. The Kier molecular flexibility index (Phi) is 7.57. The molecule has 0 aliphatic carbocycles. The number of benzene rings is 2. The zero-order valence-electron chi connectivity index (χ0n) is 22.9. The highest BCUT2D eigenvalue weighted by atomic mass is 32.2. The van der Waals surface area contributed by atoms with Crippen molar-refractivity contribution in [1.82, 2.24) is 24.5 Å². The molecule has 8 nitrogen and oxygen atoms in total. The van der Waals surface area contributed by atoms with Gasteiger partial charge in [-0.05, 0) is 59.0 Å². The molecule has 0 saturated carbocycles. The van der Waals surface area contributed by atoms with Gasteiger partial charge in [0.1, 0.15) is 5.82 Å². The minimum Gasteiger partial charge on any atom is -0.351 e. The quantitative estimate of drug-likeness (QED) is 0.239. The zero-order valence-corrected chi connectivity index (χ0v) is 23.7. The normalized spacial score (nSPS) is 11.3. The van der Waals surface area contributed by atoms with Gasteiger partial charge in [0, 0.05) is 67.3 Å². The summed E-state index contributed by atoms with van der Waals surface area (Å²) in [5.41, 5.74) is 6.30. The number of fused-ring (bicyclic) bond motifs is 2. The first-order chi connectivity index (χ1) is 19.4. The summed E-state index contributed by atoms with van der Waals surface area (Å²) in [6.07, 6.45) is 11.6. The van der Waals surface area contributed by atoms with Crippen LogP contribution in [0.4, 0.5) is 11.5 Å². The van der Waals surface area contributed by atoms with E-state index in [0.717, 1.165) is 44.3 Å². The smallest absolute Gasteiger partial charge is 0.175 e. The van der Waals surface area contributed by atoms with Crippen molar-refractivity contribution in [2.45, 2.75) is 25.3 Å². The number of aryl methyl sites for hydroxylation is 1. The van der Waals surface area contributed by atoms with Crippen LogP contribution in [0.1, 0.15) is 19.4 Å². The van der Waals surface area contributed by atoms with E-state index < -0.39 is 9.84 Å². The van der Waals surface area contributed by atoms with Crippen LogP contribution in [0, 0.1) is 0 Å². The standard InChI is InChI=1S/C29H24N6O2S.C2H6/c1-34-13-8-21-5-6-22(14-27(21)34)25-15-23(16-26-29(25)33-12-11-31-26)35(19-20-4-3-9-30-18-20)28-17-24(7-10-32-28)38(2,36)37;1-2/h3-18H,19H2,1-2H3;1-2H3. The van der Waals surface area contributed by atoms with E-state index in [4.69, 9.17) is 0 Å². The molecule has 9 heteroatoms. The second kappa shape index (κ2) is 11.2. The van der Waals surface area contributed by atoms with Crippen molar-refractivity contribution in [3.05, 3.63) is 103 Å². The predicted molar refractivity (Wildman–Crippen MR) is 160 cm³/mol. The molecule has 4 aromatic heterocycles. The van der Waals surface area contributed by atoms with E-state index in [1.165, 1.54) is 18.5 Å². The lowest BCUT2D eigenvalue weighted by atomic mass is 10.0. The minimum absolute atomic E-state index is 0.202. The Labute approximate surface area is 233 Å². The third kappa shape index (κ3) is 5.41. The van der Waals surface area contributed by atoms with Crippen molar-refractivity contribution >= 4 is 43.3 Å². The van der Waals surface area contributed by atoms with Gasteiger partial charge in [0.05, 0.1) is 22.5 Å². The number of nitrogens with zero attached hydrogens (tertiary/aromatic N) is 6. The van der Waals surface area contributed by atoms with Gasteiger partial charge in [-0.15, -0.1) is 0 Å². The highest BCUT2D eigenvalue weighted by Gasteiger charge is 2.19. The van der Waals surface area contributed by atoms with Crippen LogP contribution in [-0.4, -0.2) is 39.2 Å². The van der Waals surface area contributed by atoms with Crippen molar-refractivity contribution in [2.75, 3.05) is 11.2 Å². The van der Waals surface area contributed by atoms with Gasteiger partial charge in [0.25, 0.3) is 0 Å². The number of rotatable bonds is 6. The molecule has 6 rings (SSSR count). The average molecular weight is 551 g/mol. The van der Waals surface area contributed by atoms with Crippen LogP contribution in [-0.2, 0) is 23.4 Å². The Morgan fingerprint density at radius 1 is 0.875 bits per heavy atom. The van der Waals surface area contributed by atoms with Gasteiger partial charge < -0.3 is 9.47 Å². The van der Waals surface area contributed by atoms with Crippen molar-refractivity contribution in [1.29, 1.82) is 0 Å². The van der Waals surface area contributed by atoms with E-state index in [1.54, 1.807) is 30.9 Å². The van der Waals surface area contributed by atoms with E-state index in [9.17, 15) is 8.42 Å². The van der Waals surface area contributed by atoms with Crippen molar-refractivity contribution < 1.29 is 8.42 Å². The van der Waals surface area contributed by atoms with Crippen molar-refractivity contribution in [2.24, 2.45) is 7.05 Å². The van der Waals surface area contributed by atoms with Gasteiger partial charge in [-0.1, -0.05) is 32.0 Å². The Hall–Kier alpha value is -4.63. The molecule has 0 atom stereocenters. The molecule has 0 saturated heterocycles. The molecular formula is C31H30N6O2S. The zero-order chi connectivity index (χ0) is 28.3. The number of aromatic nitrogens is 5. The van der Waals surface area contributed by atoms with Crippen LogP contribution < -0.4 is 4.90 Å². The van der Waals surface area contributed by atoms with Gasteiger partial charge in [-0.2, -0.15) is 0 Å². The molecule has 0 bridgehead atoms. The molecule has 0 radical (unpaired) electrons. The molecular weight excluding hydrogens is 520 g/mol. The van der Waals surface area contributed by atoms with Gasteiger partial charge in [0.15, 0.2) is 9.84 Å². The van der Waals surface area contributed by atoms with Gasteiger partial charge >= 0.3 is 0 Å². The molecule has 0 aliphatic heterocycles. The largest absolute Gasteiger partial charge is 0.351 e. The predicted octanol–water partition coefficient (Wildman–Crippen LogP) is 6.35. The first-order valence-electron chi connectivity index (χ1n) is 13.0. The van der Waals surface area contributed by atoms with Crippen LogP contribution in [0.3, 0.4) is 0 Å². The van der Waals surface area contributed by atoms with E-state index in [2.05, 4.69) is 54.8 Å². The number of hydrogen-bond acceptors (Lipinski definition) is 7. The summed E-state index contributed by atoms with van der Waals surface area (Å²) < 4.78 is 26.8. The second-order valence-electron chi connectivity index (χ2n) is 9.19. The molecule has 0 fully saturated rings. The van der Waals surface area contributed by atoms with E-state index in [-0.39, 0.29) is 4.90 Å². The van der Waals surface area contributed by atoms with E-state index >= 15 is 0 Å². The molecule has 6 aromatic rings. The molecule has 4 heterocycles. The molecule has 202 valence electrons. The monoisotopic (exact) mass is 550 g/mol. The Balaban J connectivity index is 0.00000158. The molecule has 0 aliphatic rings. The molecule has 2 aromatic carbocycles. The number of sulfone groups is 1. The SMILES string of the molecule is CC.Cn1ccc2ccc(-c3cc(N(Cc4cccnc4)c4cc(S(C)(=O)=O)ccn4)cc4nccnc34)cc21. The molecule has 0 unspecified atom stereocenters. The van der Waals surface area contributed by atoms with Crippen LogP contribution in [0.25, 0.3) is 33.1 Å². The topological polar surface area (TPSA) is 93.9 Å². The van der Waals surface area contributed by atoms with Crippen LogP contribution in [0.2, 0.25) is 0 Å². The fraction of sp³-hybridized carbons (Fsp3) is 0.161. The minimum atomic E-state index is -3.42. The van der Waals surface area contributed by atoms with Gasteiger partial charge in [-0.25, -0.2) is 13.4 Å². The van der Waals surface area contributed by atoms with Crippen LogP contribution >= 0.6 is 0 Å². The van der Waals surface area contributed by atoms with E-state index in [1.807, 2.05) is 50.2 Å². The maximum Gasteiger partial charge on any atom is 0.175 e.